The highest BCUT2D eigenvalue weighted by Gasteiger charge is 2.48. The molecule has 2 heterocycles. The van der Waals surface area contributed by atoms with Crippen LogP contribution in [0.1, 0.15) is 24.8 Å². The van der Waals surface area contributed by atoms with Gasteiger partial charge in [-0.1, -0.05) is 28.1 Å². The van der Waals surface area contributed by atoms with Crippen LogP contribution in [0.3, 0.4) is 0 Å². The van der Waals surface area contributed by atoms with Crippen molar-refractivity contribution < 1.29 is 9.84 Å². The molecule has 136 valence electrons. The minimum absolute atomic E-state index is 0.557. The topological polar surface area (TPSA) is 35.9 Å². The Kier molecular flexibility index (Phi) is 4.67. The third-order valence-corrected chi connectivity index (χ3v) is 5.71. The summed E-state index contributed by atoms with van der Waals surface area (Å²) in [6, 6.07) is 15.9. The van der Waals surface area contributed by atoms with Gasteiger partial charge < -0.3 is 14.7 Å². The lowest BCUT2D eigenvalue weighted by Gasteiger charge is -2.34. The minimum Gasteiger partial charge on any atom is -0.497 e. The third kappa shape index (κ3) is 2.99. The van der Waals surface area contributed by atoms with Crippen LogP contribution in [0.2, 0.25) is 0 Å². The lowest BCUT2D eigenvalue weighted by atomic mass is 10.0. The fourth-order valence-corrected chi connectivity index (χ4v) is 4.12. The lowest BCUT2D eigenvalue weighted by molar-refractivity contribution is 0.0478. The summed E-state index contributed by atoms with van der Waals surface area (Å²) in [5.74, 6) is 1.89. The van der Waals surface area contributed by atoms with Gasteiger partial charge in [-0.3, -0.25) is 4.90 Å². The van der Waals surface area contributed by atoms with Gasteiger partial charge in [-0.2, -0.15) is 0 Å². The number of methoxy groups -OCH3 is 1. The zero-order chi connectivity index (χ0) is 18.1. The summed E-state index contributed by atoms with van der Waals surface area (Å²) in [6.45, 7) is 1.53. The van der Waals surface area contributed by atoms with E-state index in [1.54, 1.807) is 7.11 Å². The highest BCUT2D eigenvalue weighted by molar-refractivity contribution is 9.10. The van der Waals surface area contributed by atoms with E-state index >= 15 is 0 Å². The molecular weight excluding hydrogens is 392 g/mol. The van der Waals surface area contributed by atoms with E-state index in [2.05, 4.69) is 31.8 Å². The Bertz CT molecular complexity index is 804. The molecule has 1 N–H and O–H groups in total. The van der Waals surface area contributed by atoms with Crippen LogP contribution >= 0.6 is 15.9 Å². The number of hydrogen-bond donors (Lipinski definition) is 1. The molecule has 26 heavy (non-hydrogen) atoms. The Morgan fingerprint density at radius 1 is 1.04 bits per heavy atom. The smallest absolute Gasteiger partial charge is 0.187 e. The Hall–Kier alpha value is -1.98. The van der Waals surface area contributed by atoms with Gasteiger partial charge >= 0.3 is 0 Å². The fraction of sp³-hybridized carbons (Fsp3) is 0.333. The average molecular weight is 415 g/mol. The van der Waals surface area contributed by atoms with E-state index < -0.39 is 5.72 Å². The summed E-state index contributed by atoms with van der Waals surface area (Å²) < 4.78 is 6.31. The van der Waals surface area contributed by atoms with Crippen LogP contribution < -0.4 is 9.64 Å². The quantitative estimate of drug-likeness (QED) is 0.804. The highest BCUT2D eigenvalue weighted by atomic mass is 79.9. The van der Waals surface area contributed by atoms with Gasteiger partial charge in [0.05, 0.1) is 13.7 Å². The molecule has 5 heteroatoms. The number of hydrogen-bond acceptors (Lipinski definition) is 4. The molecule has 0 radical (unpaired) electrons. The van der Waals surface area contributed by atoms with Gasteiger partial charge in [0, 0.05) is 22.3 Å². The fourth-order valence-electron chi connectivity index (χ4n) is 3.86. The average Bonchev–Trinajstić information content (AvgIpc) is 2.80. The summed E-state index contributed by atoms with van der Waals surface area (Å²) in [5.41, 5.74) is 0.751. The van der Waals surface area contributed by atoms with Gasteiger partial charge in [0.1, 0.15) is 11.6 Å². The number of benzene rings is 2. The Morgan fingerprint density at radius 2 is 1.77 bits per heavy atom. The molecule has 2 aliphatic heterocycles. The third-order valence-electron chi connectivity index (χ3n) is 5.18. The number of allylic oxidation sites excluding steroid dienone is 1. The number of fused-ring (bicyclic) bond motifs is 1. The molecular formula is C21H23BrN2O2. The van der Waals surface area contributed by atoms with E-state index in [4.69, 9.17) is 4.74 Å². The van der Waals surface area contributed by atoms with Crippen LogP contribution in [0.4, 0.5) is 5.69 Å². The van der Waals surface area contributed by atoms with Crippen molar-refractivity contribution >= 4 is 21.6 Å². The minimum atomic E-state index is -1.11. The van der Waals surface area contributed by atoms with E-state index in [0.717, 1.165) is 46.7 Å². The maximum Gasteiger partial charge on any atom is 0.187 e. The first-order valence-electron chi connectivity index (χ1n) is 9.00. The Morgan fingerprint density at radius 3 is 2.46 bits per heavy atom. The first-order valence-corrected chi connectivity index (χ1v) is 9.79. The first kappa shape index (κ1) is 17.4. The largest absolute Gasteiger partial charge is 0.497 e. The molecule has 0 bridgehead atoms. The molecule has 2 aliphatic rings. The van der Waals surface area contributed by atoms with Gasteiger partial charge in [-0.25, -0.2) is 0 Å². The maximum absolute atomic E-state index is 11.8. The van der Waals surface area contributed by atoms with E-state index in [0.29, 0.717) is 6.54 Å². The second-order valence-corrected chi connectivity index (χ2v) is 7.75. The van der Waals surface area contributed by atoms with Crippen molar-refractivity contribution in [1.82, 2.24) is 4.90 Å². The molecule has 1 unspecified atom stereocenters. The standard InChI is InChI=1S/C21H23BrN2O2/c1-26-19-12-6-16(7-13-19)21(25)15-23-14-4-2-3-5-20(23)24(21)18-10-8-17(22)9-11-18/h5-13,25H,2-4,14-15H2,1H3. The van der Waals surface area contributed by atoms with Crippen LogP contribution in [0, 0.1) is 0 Å². The molecule has 0 spiro atoms. The van der Waals surface area contributed by atoms with Crippen LogP contribution in [0.15, 0.2) is 64.9 Å². The number of aliphatic hydroxyl groups is 1. The summed E-state index contributed by atoms with van der Waals surface area (Å²) in [7, 11) is 1.65. The predicted molar refractivity (Wildman–Crippen MR) is 107 cm³/mol. The van der Waals surface area contributed by atoms with Crippen molar-refractivity contribution in [3.63, 3.8) is 0 Å². The zero-order valence-electron chi connectivity index (χ0n) is 14.9. The SMILES string of the molecule is COc1ccc(C2(O)CN3CCCCC=C3N2c2ccc(Br)cc2)cc1. The number of anilines is 1. The molecule has 0 aromatic heterocycles. The summed E-state index contributed by atoms with van der Waals surface area (Å²) in [5, 5.41) is 11.8. The molecule has 2 aromatic carbocycles. The summed E-state index contributed by atoms with van der Waals surface area (Å²) in [4.78, 5) is 4.38. The van der Waals surface area contributed by atoms with Crippen molar-refractivity contribution in [3.05, 3.63) is 70.5 Å². The van der Waals surface area contributed by atoms with Crippen molar-refractivity contribution in [1.29, 1.82) is 0 Å². The van der Waals surface area contributed by atoms with Gasteiger partial charge in [-0.15, -0.1) is 0 Å². The Balaban J connectivity index is 1.82. The monoisotopic (exact) mass is 414 g/mol. The number of rotatable bonds is 3. The molecule has 0 amide bonds. The zero-order valence-corrected chi connectivity index (χ0v) is 16.4. The van der Waals surface area contributed by atoms with E-state index in [9.17, 15) is 5.11 Å². The maximum atomic E-state index is 11.8. The van der Waals surface area contributed by atoms with Crippen LogP contribution in [-0.2, 0) is 5.72 Å². The molecule has 0 saturated carbocycles. The molecule has 2 aromatic rings. The number of halogens is 1. The molecule has 1 atom stereocenters. The number of ether oxygens (including phenoxy) is 1. The molecule has 4 rings (SSSR count). The van der Waals surface area contributed by atoms with Crippen molar-refractivity contribution in [2.24, 2.45) is 0 Å². The summed E-state index contributed by atoms with van der Waals surface area (Å²) in [6.07, 6.45) is 5.64. The second-order valence-electron chi connectivity index (χ2n) is 6.84. The second kappa shape index (κ2) is 6.97. The summed E-state index contributed by atoms with van der Waals surface area (Å²) >= 11 is 3.50. The highest BCUT2D eigenvalue weighted by Crippen LogP contribution is 2.43. The number of nitrogens with zero attached hydrogens (tertiary/aromatic N) is 2. The van der Waals surface area contributed by atoms with E-state index in [1.807, 2.05) is 48.5 Å². The van der Waals surface area contributed by atoms with Gasteiger partial charge in [0.15, 0.2) is 5.72 Å². The van der Waals surface area contributed by atoms with Gasteiger partial charge in [0.2, 0.25) is 0 Å². The molecule has 0 aliphatic carbocycles. The van der Waals surface area contributed by atoms with Gasteiger partial charge in [0.25, 0.3) is 0 Å². The van der Waals surface area contributed by atoms with Crippen LogP contribution in [0.25, 0.3) is 0 Å². The van der Waals surface area contributed by atoms with E-state index in [1.165, 1.54) is 6.42 Å². The first-order chi connectivity index (χ1) is 12.6. The van der Waals surface area contributed by atoms with Crippen LogP contribution in [-0.4, -0.2) is 30.2 Å². The van der Waals surface area contributed by atoms with Crippen molar-refractivity contribution in [2.45, 2.75) is 25.0 Å². The van der Waals surface area contributed by atoms with Gasteiger partial charge in [-0.05, 0) is 61.7 Å². The molecule has 1 fully saturated rings. The molecule has 1 saturated heterocycles. The van der Waals surface area contributed by atoms with E-state index in [-0.39, 0.29) is 0 Å². The Labute approximate surface area is 162 Å². The normalized spacial score (nSPS) is 22.7. The van der Waals surface area contributed by atoms with Crippen LogP contribution in [0.5, 0.6) is 5.75 Å². The molecule has 4 nitrogen and oxygen atoms in total. The lowest BCUT2D eigenvalue weighted by Crippen LogP contribution is -2.43. The van der Waals surface area contributed by atoms with Crippen molar-refractivity contribution in [3.8, 4) is 5.75 Å². The predicted octanol–water partition coefficient (Wildman–Crippen LogP) is 4.45. The van der Waals surface area contributed by atoms with Crippen molar-refractivity contribution in [2.75, 3.05) is 25.1 Å².